The number of hydrogen-bond acceptors (Lipinski definition) is 6. The number of halogens is 1. The maximum Gasteiger partial charge on any atom is 0.307 e. The van der Waals surface area contributed by atoms with Crippen molar-refractivity contribution >= 4 is 39.4 Å². The van der Waals surface area contributed by atoms with Gasteiger partial charge in [-0.2, -0.15) is 4.31 Å². The quantitative estimate of drug-likeness (QED) is 0.313. The lowest BCUT2D eigenvalue weighted by atomic mass is 9.76. The van der Waals surface area contributed by atoms with E-state index in [1.54, 1.807) is 69.9 Å². The molecule has 1 saturated heterocycles. The second kappa shape index (κ2) is 13.5. The zero-order chi connectivity index (χ0) is 32.4. The Balaban J connectivity index is 1.35. The average Bonchev–Trinajstić information content (AvgIpc) is 3.40. The van der Waals surface area contributed by atoms with Gasteiger partial charge in [-0.15, -0.1) is 0 Å². The molecular formula is C34H36ClN3O7S. The molecule has 1 aliphatic carbocycles. The first-order chi connectivity index (χ1) is 22.1. The number of carbonyl (C=O) groups excluding carboxylic acids is 2. The van der Waals surface area contributed by atoms with Crippen LogP contribution in [0.1, 0.15) is 76.7 Å². The lowest BCUT2D eigenvalue weighted by Crippen LogP contribution is -2.59. The number of aliphatic carboxylic acids is 1. The molecule has 3 aromatic rings. The van der Waals surface area contributed by atoms with E-state index < -0.39 is 45.9 Å². The average molecular weight is 666 g/mol. The standard InChI is InChI=1S/C34H36ClN3O7S/c35-25-16-14-24(15-17-25)32-31(33(41)36-45-21-23-12-10-22(11-13-23)20-30(39)40)26-6-1-2-7-27(26)34(42)38(32)29-9-4-3-8-28(29)37-18-5-19-46(37,43)44/h1-2,6-7,10-17,28-29,31-32H,3-5,8-9,18-21H2,(H,36,41)(H,39,40)/t28-,29-,31+,32-/m0/s1. The molecule has 0 spiro atoms. The number of nitrogens with zero attached hydrogens (tertiary/aromatic N) is 2. The highest BCUT2D eigenvalue weighted by Crippen LogP contribution is 2.47. The van der Waals surface area contributed by atoms with Gasteiger partial charge in [-0.25, -0.2) is 13.9 Å². The number of rotatable bonds is 9. The molecule has 242 valence electrons. The van der Waals surface area contributed by atoms with Crippen LogP contribution in [-0.4, -0.2) is 64.9 Å². The molecule has 2 N–H and O–H groups in total. The summed E-state index contributed by atoms with van der Waals surface area (Å²) in [6, 6.07) is 19.4. The lowest BCUT2D eigenvalue weighted by Gasteiger charge is -2.50. The van der Waals surface area contributed by atoms with Gasteiger partial charge in [0.25, 0.3) is 11.8 Å². The van der Waals surface area contributed by atoms with Crippen molar-refractivity contribution in [3.63, 3.8) is 0 Å². The molecule has 3 aromatic carbocycles. The molecule has 10 nitrogen and oxygen atoms in total. The molecule has 0 unspecified atom stereocenters. The summed E-state index contributed by atoms with van der Waals surface area (Å²) >= 11 is 6.26. The van der Waals surface area contributed by atoms with E-state index in [-0.39, 0.29) is 24.7 Å². The number of fused-ring (bicyclic) bond motifs is 1. The van der Waals surface area contributed by atoms with Gasteiger partial charge >= 0.3 is 5.97 Å². The fourth-order valence-corrected chi connectivity index (χ4v) is 9.10. The van der Waals surface area contributed by atoms with E-state index in [0.29, 0.717) is 53.1 Å². The summed E-state index contributed by atoms with van der Waals surface area (Å²) in [6.45, 7) is 0.460. The van der Waals surface area contributed by atoms with Crippen LogP contribution in [0.4, 0.5) is 0 Å². The molecule has 6 rings (SSSR count). The van der Waals surface area contributed by atoms with Crippen LogP contribution in [0.25, 0.3) is 0 Å². The van der Waals surface area contributed by atoms with Crippen LogP contribution >= 0.6 is 11.6 Å². The Morgan fingerprint density at radius 3 is 2.26 bits per heavy atom. The monoisotopic (exact) mass is 665 g/mol. The van der Waals surface area contributed by atoms with Gasteiger partial charge < -0.3 is 10.0 Å². The van der Waals surface area contributed by atoms with Gasteiger partial charge in [-0.05, 0) is 59.7 Å². The van der Waals surface area contributed by atoms with Crippen LogP contribution in [0.15, 0.2) is 72.8 Å². The molecule has 3 aliphatic rings. The van der Waals surface area contributed by atoms with Gasteiger partial charge in [-0.3, -0.25) is 19.2 Å². The first-order valence-electron chi connectivity index (χ1n) is 15.5. The van der Waals surface area contributed by atoms with E-state index in [1.807, 2.05) is 12.1 Å². The fourth-order valence-electron chi connectivity index (χ4n) is 7.18. The van der Waals surface area contributed by atoms with Gasteiger partial charge in [0.1, 0.15) is 0 Å². The van der Waals surface area contributed by atoms with Gasteiger partial charge in [0, 0.05) is 29.2 Å². The molecule has 1 saturated carbocycles. The summed E-state index contributed by atoms with van der Waals surface area (Å²) in [5.41, 5.74) is 5.66. The van der Waals surface area contributed by atoms with Crippen molar-refractivity contribution in [2.45, 2.75) is 69.2 Å². The van der Waals surface area contributed by atoms with Crippen LogP contribution in [0, 0.1) is 0 Å². The number of hydroxylamine groups is 1. The highest BCUT2D eigenvalue weighted by Gasteiger charge is 2.51. The first-order valence-corrected chi connectivity index (χ1v) is 17.5. The highest BCUT2D eigenvalue weighted by atomic mass is 35.5. The molecule has 46 heavy (non-hydrogen) atoms. The minimum Gasteiger partial charge on any atom is -0.481 e. The summed E-state index contributed by atoms with van der Waals surface area (Å²) in [6.07, 6.45) is 3.39. The Hall–Kier alpha value is -3.77. The number of carbonyl (C=O) groups is 3. The predicted octanol–water partition coefficient (Wildman–Crippen LogP) is 4.84. The third-order valence-corrected chi connectivity index (χ3v) is 11.4. The predicted molar refractivity (Wildman–Crippen MR) is 171 cm³/mol. The van der Waals surface area contributed by atoms with Crippen molar-refractivity contribution in [1.29, 1.82) is 0 Å². The molecular weight excluding hydrogens is 630 g/mol. The minimum atomic E-state index is -3.45. The zero-order valence-electron chi connectivity index (χ0n) is 25.2. The fraction of sp³-hybridized carbons (Fsp3) is 0.382. The van der Waals surface area contributed by atoms with Gasteiger partial charge in [0.2, 0.25) is 10.0 Å². The Morgan fingerprint density at radius 1 is 0.913 bits per heavy atom. The number of carboxylic acids is 1. The lowest BCUT2D eigenvalue weighted by molar-refractivity contribution is -0.138. The molecule has 12 heteroatoms. The van der Waals surface area contributed by atoms with E-state index in [0.717, 1.165) is 18.4 Å². The highest BCUT2D eigenvalue weighted by molar-refractivity contribution is 7.89. The van der Waals surface area contributed by atoms with E-state index in [2.05, 4.69) is 5.48 Å². The Labute approximate surface area is 273 Å². The molecule has 0 bridgehead atoms. The normalized spacial score (nSPS) is 24.4. The van der Waals surface area contributed by atoms with Crippen LogP contribution in [-0.2, 0) is 37.5 Å². The Kier molecular flexibility index (Phi) is 9.47. The van der Waals surface area contributed by atoms with Crippen molar-refractivity contribution < 1.29 is 32.7 Å². The number of nitrogens with one attached hydrogen (secondary N) is 1. The van der Waals surface area contributed by atoms with Crippen LogP contribution in [0.3, 0.4) is 0 Å². The largest absolute Gasteiger partial charge is 0.481 e. The summed E-state index contributed by atoms with van der Waals surface area (Å²) < 4.78 is 27.9. The number of sulfonamides is 1. The van der Waals surface area contributed by atoms with Crippen LogP contribution in [0.5, 0.6) is 0 Å². The molecule has 2 aliphatic heterocycles. The molecule has 0 aromatic heterocycles. The summed E-state index contributed by atoms with van der Waals surface area (Å²) in [7, 11) is -3.45. The van der Waals surface area contributed by atoms with Gasteiger partial charge in [0.05, 0.1) is 30.7 Å². The number of benzene rings is 3. The topological polar surface area (TPSA) is 133 Å². The van der Waals surface area contributed by atoms with Crippen molar-refractivity contribution in [2.24, 2.45) is 0 Å². The van der Waals surface area contributed by atoms with E-state index in [9.17, 15) is 22.8 Å². The first kappa shape index (κ1) is 32.2. The molecule has 2 fully saturated rings. The summed E-state index contributed by atoms with van der Waals surface area (Å²) in [4.78, 5) is 47.1. The maximum atomic E-state index is 14.5. The number of amides is 2. The van der Waals surface area contributed by atoms with Gasteiger partial charge in [0.15, 0.2) is 0 Å². The van der Waals surface area contributed by atoms with E-state index in [1.165, 1.54) is 0 Å². The zero-order valence-corrected chi connectivity index (χ0v) is 26.8. The maximum absolute atomic E-state index is 14.5. The van der Waals surface area contributed by atoms with Crippen LogP contribution in [0.2, 0.25) is 5.02 Å². The second-order valence-electron chi connectivity index (χ2n) is 12.1. The van der Waals surface area contributed by atoms with Crippen molar-refractivity contribution in [3.05, 3.63) is 106 Å². The third kappa shape index (κ3) is 6.55. The van der Waals surface area contributed by atoms with Crippen molar-refractivity contribution in [3.8, 4) is 0 Å². The summed E-state index contributed by atoms with van der Waals surface area (Å²) in [5.74, 6) is -2.39. The van der Waals surface area contributed by atoms with Gasteiger partial charge in [-0.1, -0.05) is 79.0 Å². The molecule has 4 atom stereocenters. The second-order valence-corrected chi connectivity index (χ2v) is 14.6. The smallest absolute Gasteiger partial charge is 0.307 e. The van der Waals surface area contributed by atoms with E-state index >= 15 is 0 Å². The van der Waals surface area contributed by atoms with E-state index in [4.69, 9.17) is 21.5 Å². The minimum absolute atomic E-state index is 0.0409. The van der Waals surface area contributed by atoms with Crippen LogP contribution < -0.4 is 5.48 Å². The molecule has 2 amide bonds. The van der Waals surface area contributed by atoms with Crippen molar-refractivity contribution in [1.82, 2.24) is 14.7 Å². The third-order valence-electron chi connectivity index (χ3n) is 9.22. The Morgan fingerprint density at radius 2 is 1.59 bits per heavy atom. The number of carboxylic acid groups (broad SMARTS) is 1. The number of hydrogen-bond donors (Lipinski definition) is 2. The van der Waals surface area contributed by atoms with Crippen molar-refractivity contribution in [2.75, 3.05) is 12.3 Å². The molecule has 2 heterocycles. The molecule has 0 radical (unpaired) electrons. The Bertz CT molecular complexity index is 1720. The summed E-state index contributed by atoms with van der Waals surface area (Å²) in [5, 5.41) is 9.54. The SMILES string of the molecule is O=C(O)Cc1ccc(CONC(=O)[C@@H]2c3ccccc3C(=O)N([C@H]3CCCC[C@@H]3N3CCCS3(=O)=O)[C@H]2c2ccc(Cl)cc2)cc1.